The lowest BCUT2D eigenvalue weighted by molar-refractivity contribution is -0.168. The van der Waals surface area contributed by atoms with Gasteiger partial charge in [0.1, 0.15) is 0 Å². The third-order valence-corrected chi connectivity index (χ3v) is 6.50. The zero-order valence-electron chi connectivity index (χ0n) is 18.4. The number of benzene rings is 3. The molecule has 0 atom stereocenters. The van der Waals surface area contributed by atoms with Gasteiger partial charge in [-0.3, -0.25) is 14.7 Å². The average Bonchev–Trinajstić information content (AvgIpc) is 2.79. The Morgan fingerprint density at radius 3 is 0.900 bits per heavy atom. The van der Waals surface area contributed by atoms with Crippen LogP contribution in [0.1, 0.15) is 37.5 Å². The summed E-state index contributed by atoms with van der Waals surface area (Å²) < 4.78 is 0. The van der Waals surface area contributed by atoms with Gasteiger partial charge in [-0.15, -0.1) is 0 Å². The van der Waals surface area contributed by atoms with Crippen LogP contribution in [0.15, 0.2) is 91.0 Å². The van der Waals surface area contributed by atoms with Gasteiger partial charge >= 0.3 is 0 Å². The Morgan fingerprint density at radius 2 is 0.667 bits per heavy atom. The molecular weight excluding hydrogens is 366 g/mol. The summed E-state index contributed by atoms with van der Waals surface area (Å²) in [5.41, 5.74) is 4.10. The van der Waals surface area contributed by atoms with Crippen molar-refractivity contribution >= 4 is 0 Å². The molecule has 0 aromatic heterocycles. The van der Waals surface area contributed by atoms with E-state index >= 15 is 0 Å². The van der Waals surface area contributed by atoms with Crippen molar-refractivity contribution in [1.29, 1.82) is 0 Å². The molecule has 0 N–H and O–H groups in total. The Morgan fingerprint density at radius 1 is 0.433 bits per heavy atom. The molecule has 0 bridgehead atoms. The summed E-state index contributed by atoms with van der Waals surface area (Å²) in [6.45, 7) is 9.93. The van der Waals surface area contributed by atoms with Crippen molar-refractivity contribution in [3.63, 3.8) is 0 Å². The van der Waals surface area contributed by atoms with Crippen LogP contribution < -0.4 is 0 Å². The summed E-state index contributed by atoms with van der Waals surface area (Å²) in [5, 5.41) is 0. The van der Waals surface area contributed by atoms with E-state index in [0.717, 1.165) is 19.6 Å². The maximum Gasteiger partial charge on any atom is 0.0627 e. The highest BCUT2D eigenvalue weighted by Gasteiger charge is 2.40. The summed E-state index contributed by atoms with van der Waals surface area (Å²) >= 11 is 0. The molecule has 4 rings (SSSR count). The van der Waals surface area contributed by atoms with Gasteiger partial charge in [-0.25, -0.2) is 0 Å². The molecule has 1 fully saturated rings. The largest absolute Gasteiger partial charge is 0.268 e. The molecule has 3 heteroatoms. The van der Waals surface area contributed by atoms with Gasteiger partial charge in [0.15, 0.2) is 0 Å². The predicted octanol–water partition coefficient (Wildman–Crippen LogP) is 5.54. The summed E-state index contributed by atoms with van der Waals surface area (Å²) in [4.78, 5) is 7.88. The molecule has 3 nitrogen and oxygen atoms in total. The third kappa shape index (κ3) is 4.65. The molecule has 0 spiro atoms. The van der Waals surface area contributed by atoms with E-state index in [0.29, 0.717) is 18.5 Å². The number of nitrogens with zero attached hydrogens (tertiary/aromatic N) is 3. The molecule has 3 aromatic rings. The summed E-state index contributed by atoms with van der Waals surface area (Å²) in [5.74, 6) is 0. The van der Waals surface area contributed by atoms with Gasteiger partial charge in [-0.1, -0.05) is 91.0 Å². The van der Waals surface area contributed by atoms with Crippen LogP contribution in [0.5, 0.6) is 0 Å². The lowest BCUT2D eigenvalue weighted by Crippen LogP contribution is -2.67. The van der Waals surface area contributed by atoms with E-state index in [2.05, 4.69) is 126 Å². The van der Waals surface area contributed by atoms with Crippen LogP contribution in [-0.2, 0) is 19.6 Å². The number of rotatable bonds is 6. The van der Waals surface area contributed by atoms with Crippen molar-refractivity contribution in [2.75, 3.05) is 0 Å². The van der Waals surface area contributed by atoms with Crippen LogP contribution in [0.4, 0.5) is 0 Å². The summed E-state index contributed by atoms with van der Waals surface area (Å²) in [6, 6.07) is 32.5. The molecule has 1 aliphatic rings. The zero-order valence-corrected chi connectivity index (χ0v) is 18.4. The maximum absolute atomic E-state index is 2.63. The molecule has 156 valence electrons. The molecule has 0 amide bonds. The molecule has 0 aliphatic carbocycles. The first-order valence-corrected chi connectivity index (χ1v) is 11.0. The lowest BCUT2D eigenvalue weighted by Gasteiger charge is -2.55. The highest BCUT2D eigenvalue weighted by Crippen LogP contribution is 2.30. The highest BCUT2D eigenvalue weighted by atomic mass is 15.6. The van der Waals surface area contributed by atoms with Gasteiger partial charge in [0, 0.05) is 19.6 Å². The predicted molar refractivity (Wildman–Crippen MR) is 124 cm³/mol. The molecular formula is C27H33N3. The molecule has 3 aromatic carbocycles. The monoisotopic (exact) mass is 399 g/mol. The Kier molecular flexibility index (Phi) is 6.63. The highest BCUT2D eigenvalue weighted by molar-refractivity contribution is 5.18. The van der Waals surface area contributed by atoms with Crippen molar-refractivity contribution in [1.82, 2.24) is 14.7 Å². The number of hydrogen-bond acceptors (Lipinski definition) is 3. The Hall–Kier alpha value is -2.46. The van der Waals surface area contributed by atoms with E-state index in [9.17, 15) is 0 Å². The van der Waals surface area contributed by atoms with Crippen LogP contribution in [-0.4, -0.2) is 33.2 Å². The average molecular weight is 400 g/mol. The topological polar surface area (TPSA) is 9.72 Å². The smallest absolute Gasteiger partial charge is 0.0627 e. The van der Waals surface area contributed by atoms with Crippen molar-refractivity contribution in [2.45, 2.75) is 58.9 Å². The molecule has 0 radical (unpaired) electrons. The molecule has 1 aliphatic heterocycles. The summed E-state index contributed by atoms with van der Waals surface area (Å²) in [6.07, 6.45) is 1.05. The van der Waals surface area contributed by atoms with Crippen LogP contribution in [0.2, 0.25) is 0 Å². The van der Waals surface area contributed by atoms with Gasteiger partial charge in [-0.2, -0.15) is 0 Å². The Bertz CT molecular complexity index is 763. The molecule has 1 saturated heterocycles. The fourth-order valence-corrected chi connectivity index (χ4v) is 4.68. The van der Waals surface area contributed by atoms with Gasteiger partial charge in [-0.05, 0) is 37.5 Å². The second-order valence-electron chi connectivity index (χ2n) is 8.37. The minimum Gasteiger partial charge on any atom is -0.268 e. The van der Waals surface area contributed by atoms with E-state index in [-0.39, 0.29) is 0 Å². The second-order valence-corrected chi connectivity index (χ2v) is 8.37. The fourth-order valence-electron chi connectivity index (χ4n) is 4.68. The van der Waals surface area contributed by atoms with E-state index in [1.165, 1.54) is 16.7 Å². The molecule has 0 unspecified atom stereocenters. The van der Waals surface area contributed by atoms with E-state index < -0.39 is 0 Å². The zero-order chi connectivity index (χ0) is 20.9. The van der Waals surface area contributed by atoms with Crippen LogP contribution >= 0.6 is 0 Å². The van der Waals surface area contributed by atoms with Crippen molar-refractivity contribution in [3.8, 4) is 0 Å². The quantitative estimate of drug-likeness (QED) is 0.538. The van der Waals surface area contributed by atoms with Gasteiger partial charge in [0.2, 0.25) is 0 Å². The first-order valence-electron chi connectivity index (χ1n) is 11.0. The SMILES string of the molecule is CC1N(Cc2ccccc2)C(C)N(Cc2ccccc2)C(C)N1Cc1ccccc1. The third-order valence-electron chi connectivity index (χ3n) is 6.50. The standard InChI is InChI=1S/C27H33N3/c1-22-28(19-25-13-7-4-8-14-25)23(2)30(21-27-17-11-6-12-18-27)24(3)29(22)20-26-15-9-5-10-16-26/h4-18,22-24H,19-21H2,1-3H3. The van der Waals surface area contributed by atoms with Gasteiger partial charge < -0.3 is 0 Å². The normalized spacial score (nSPS) is 23.5. The van der Waals surface area contributed by atoms with Gasteiger partial charge in [0.05, 0.1) is 18.5 Å². The van der Waals surface area contributed by atoms with Crippen LogP contribution in [0, 0.1) is 0 Å². The van der Waals surface area contributed by atoms with E-state index in [1.807, 2.05) is 0 Å². The first kappa shape index (κ1) is 20.8. The van der Waals surface area contributed by atoms with Crippen LogP contribution in [0.25, 0.3) is 0 Å². The summed E-state index contributed by atoms with van der Waals surface area (Å²) in [7, 11) is 0. The van der Waals surface area contributed by atoms with Crippen molar-refractivity contribution in [3.05, 3.63) is 108 Å². The first-order chi connectivity index (χ1) is 14.6. The Labute approximate surface area is 181 Å². The molecule has 0 saturated carbocycles. The Balaban J connectivity index is 1.63. The van der Waals surface area contributed by atoms with E-state index in [4.69, 9.17) is 0 Å². The number of hydrogen-bond donors (Lipinski definition) is 0. The second kappa shape index (κ2) is 9.57. The maximum atomic E-state index is 2.63. The van der Waals surface area contributed by atoms with Crippen LogP contribution in [0.3, 0.4) is 0 Å². The van der Waals surface area contributed by atoms with Gasteiger partial charge in [0.25, 0.3) is 0 Å². The minimum atomic E-state index is 0.349. The lowest BCUT2D eigenvalue weighted by atomic mass is 10.1. The fraction of sp³-hybridized carbons (Fsp3) is 0.333. The van der Waals surface area contributed by atoms with E-state index in [1.54, 1.807) is 0 Å². The van der Waals surface area contributed by atoms with Crippen molar-refractivity contribution < 1.29 is 0 Å². The molecule has 1 heterocycles. The van der Waals surface area contributed by atoms with Crippen molar-refractivity contribution in [2.24, 2.45) is 0 Å². The molecule has 30 heavy (non-hydrogen) atoms. The minimum absolute atomic E-state index is 0.349.